The van der Waals surface area contributed by atoms with Crippen LogP contribution in [0.5, 0.6) is 5.75 Å². The minimum Gasteiger partial charge on any atom is -0.494 e. The van der Waals surface area contributed by atoms with Gasteiger partial charge >= 0.3 is 5.97 Å². The number of halogens is 1. The number of hydrogen-bond acceptors (Lipinski definition) is 8. The van der Waals surface area contributed by atoms with Crippen LogP contribution in [0.25, 0.3) is 33.5 Å². The number of fused-ring (bicyclic) bond motifs is 2. The number of carbonyl (C=O) groups is 1. The second kappa shape index (κ2) is 16.2. The summed E-state index contributed by atoms with van der Waals surface area (Å²) in [6, 6.07) is 20.3. The average molecular weight is 754 g/mol. The smallest absolute Gasteiger partial charge is 0.323 e. The third kappa shape index (κ3) is 7.88. The standard InChI is InChI=1S/C42H52FN5O5Si/c1-7-29-22-38(50-2)33(43)23-32(29)30-16-17-31-35(21-30)48(39-15-11-12-18-53-39)45-40(31)41-44-34-24-36(42(49)51-3)46(25-28-13-9-8-10-14-28)26-37(34)47(41)27-52-19-20-54(4,5)6/h8-10,13-14,16-17,21-23,36,39H,7,11-12,15,18-20,24-27H2,1-6H3. The number of esters is 1. The number of methoxy groups -OCH3 is 2. The Balaban J connectivity index is 1.36. The molecule has 2 unspecified atom stereocenters. The Hall–Kier alpha value is -4.36. The van der Waals surface area contributed by atoms with Crippen molar-refractivity contribution in [2.75, 3.05) is 27.4 Å². The molecule has 12 heteroatoms. The van der Waals surface area contributed by atoms with E-state index in [1.165, 1.54) is 14.2 Å². The Morgan fingerprint density at radius 3 is 2.57 bits per heavy atom. The molecule has 2 aliphatic heterocycles. The molecule has 0 amide bonds. The summed E-state index contributed by atoms with van der Waals surface area (Å²) in [5.74, 6) is 0.245. The van der Waals surface area contributed by atoms with Gasteiger partial charge in [0.1, 0.15) is 18.5 Å². The predicted molar refractivity (Wildman–Crippen MR) is 210 cm³/mol. The predicted octanol–water partition coefficient (Wildman–Crippen LogP) is 8.39. The third-order valence-corrected chi connectivity index (χ3v) is 12.4. The molecule has 1 fully saturated rings. The molecule has 0 N–H and O–H groups in total. The zero-order valence-corrected chi connectivity index (χ0v) is 33.4. The number of aryl methyl sites for hydroxylation is 1. The van der Waals surface area contributed by atoms with Crippen LogP contribution in [0.1, 0.15) is 54.9 Å². The van der Waals surface area contributed by atoms with Crippen LogP contribution in [-0.4, -0.2) is 71.7 Å². The largest absolute Gasteiger partial charge is 0.494 e. The van der Waals surface area contributed by atoms with Crippen LogP contribution in [0, 0.1) is 5.82 Å². The van der Waals surface area contributed by atoms with E-state index in [1.54, 1.807) is 12.1 Å². The fraction of sp³-hybridized carbons (Fsp3) is 0.452. The van der Waals surface area contributed by atoms with Crippen molar-refractivity contribution in [1.29, 1.82) is 0 Å². The summed E-state index contributed by atoms with van der Waals surface area (Å²) in [7, 11) is 1.60. The molecule has 2 aromatic heterocycles. The van der Waals surface area contributed by atoms with Gasteiger partial charge in [-0.2, -0.15) is 5.10 Å². The number of imidazole rings is 1. The molecular weight excluding hydrogens is 702 g/mol. The van der Waals surface area contributed by atoms with Gasteiger partial charge in [-0.25, -0.2) is 14.1 Å². The highest BCUT2D eigenvalue weighted by Gasteiger charge is 2.37. The molecule has 7 rings (SSSR count). The van der Waals surface area contributed by atoms with Crippen molar-refractivity contribution < 1.29 is 28.1 Å². The van der Waals surface area contributed by atoms with E-state index in [4.69, 9.17) is 29.0 Å². The Bertz CT molecular complexity index is 2100. The molecule has 5 aromatic rings. The quantitative estimate of drug-likeness (QED) is 0.0673. The molecule has 3 aromatic carbocycles. The monoisotopic (exact) mass is 753 g/mol. The summed E-state index contributed by atoms with van der Waals surface area (Å²) in [6.07, 6.45) is 3.74. The van der Waals surface area contributed by atoms with E-state index < -0.39 is 19.9 Å². The lowest BCUT2D eigenvalue weighted by atomic mass is 9.96. The first kappa shape index (κ1) is 37.9. The summed E-state index contributed by atoms with van der Waals surface area (Å²) < 4.78 is 42.7. The van der Waals surface area contributed by atoms with Crippen molar-refractivity contribution in [3.63, 3.8) is 0 Å². The lowest BCUT2D eigenvalue weighted by Gasteiger charge is -2.34. The molecule has 0 radical (unpaired) electrons. The fourth-order valence-electron chi connectivity index (χ4n) is 7.62. The van der Waals surface area contributed by atoms with Gasteiger partial charge in [0.25, 0.3) is 0 Å². The van der Waals surface area contributed by atoms with E-state index in [2.05, 4.69) is 60.3 Å². The zero-order valence-electron chi connectivity index (χ0n) is 32.4. The van der Waals surface area contributed by atoms with Crippen LogP contribution in [-0.2, 0) is 51.7 Å². The number of carbonyl (C=O) groups excluding carboxylic acids is 1. The van der Waals surface area contributed by atoms with Crippen molar-refractivity contribution in [3.05, 3.63) is 89.0 Å². The summed E-state index contributed by atoms with van der Waals surface area (Å²) in [4.78, 5) is 20.7. The molecule has 0 saturated carbocycles. The van der Waals surface area contributed by atoms with E-state index in [1.807, 2.05) is 28.9 Å². The first-order chi connectivity index (χ1) is 26.1. The second-order valence-corrected chi connectivity index (χ2v) is 21.2. The molecule has 10 nitrogen and oxygen atoms in total. The Morgan fingerprint density at radius 2 is 1.87 bits per heavy atom. The van der Waals surface area contributed by atoms with Crippen LogP contribution in [0.4, 0.5) is 4.39 Å². The number of benzene rings is 3. The van der Waals surface area contributed by atoms with E-state index in [0.717, 1.165) is 82.0 Å². The van der Waals surface area contributed by atoms with E-state index in [9.17, 15) is 4.79 Å². The summed E-state index contributed by atoms with van der Waals surface area (Å²) in [5, 5.41) is 6.21. The zero-order chi connectivity index (χ0) is 38.0. The van der Waals surface area contributed by atoms with Gasteiger partial charge in [-0.3, -0.25) is 9.69 Å². The first-order valence-corrected chi connectivity index (χ1v) is 22.8. The van der Waals surface area contributed by atoms with Crippen LogP contribution in [0.3, 0.4) is 0 Å². The number of aromatic nitrogens is 4. The van der Waals surface area contributed by atoms with Gasteiger partial charge < -0.3 is 23.5 Å². The lowest BCUT2D eigenvalue weighted by Crippen LogP contribution is -2.46. The third-order valence-electron chi connectivity index (χ3n) is 10.7. The number of ether oxygens (including phenoxy) is 4. The van der Waals surface area contributed by atoms with Crippen LogP contribution >= 0.6 is 0 Å². The molecule has 54 heavy (non-hydrogen) atoms. The molecule has 0 aliphatic carbocycles. The molecule has 0 spiro atoms. The van der Waals surface area contributed by atoms with Crippen molar-refractivity contribution in [3.8, 4) is 28.4 Å². The number of nitrogens with zero attached hydrogens (tertiary/aromatic N) is 5. The number of rotatable bonds is 13. The Morgan fingerprint density at radius 1 is 1.06 bits per heavy atom. The normalized spacial score (nSPS) is 17.8. The van der Waals surface area contributed by atoms with Crippen molar-refractivity contribution in [1.82, 2.24) is 24.2 Å². The minimum atomic E-state index is -1.34. The van der Waals surface area contributed by atoms with E-state index in [-0.39, 0.29) is 17.9 Å². The maximum absolute atomic E-state index is 15.1. The maximum Gasteiger partial charge on any atom is 0.323 e. The van der Waals surface area contributed by atoms with Gasteiger partial charge in [-0.05, 0) is 78.2 Å². The molecule has 2 atom stereocenters. The highest BCUT2D eigenvalue weighted by molar-refractivity contribution is 6.76. The van der Waals surface area contributed by atoms with Gasteiger partial charge in [-0.1, -0.05) is 63.0 Å². The Labute approximate surface area is 318 Å². The minimum absolute atomic E-state index is 0.235. The van der Waals surface area contributed by atoms with Gasteiger partial charge in [-0.15, -0.1) is 0 Å². The average Bonchev–Trinajstić information content (AvgIpc) is 3.73. The van der Waals surface area contributed by atoms with E-state index >= 15 is 4.39 Å². The summed E-state index contributed by atoms with van der Waals surface area (Å²) >= 11 is 0. The van der Waals surface area contributed by atoms with Gasteiger partial charge in [0.05, 0.1) is 31.1 Å². The van der Waals surface area contributed by atoms with Crippen LogP contribution in [0.2, 0.25) is 25.7 Å². The molecule has 1 saturated heterocycles. The maximum atomic E-state index is 15.1. The second-order valence-electron chi connectivity index (χ2n) is 15.6. The first-order valence-electron chi connectivity index (χ1n) is 19.1. The molecule has 286 valence electrons. The highest BCUT2D eigenvalue weighted by atomic mass is 28.3. The van der Waals surface area contributed by atoms with Gasteiger partial charge in [0.2, 0.25) is 0 Å². The van der Waals surface area contributed by atoms with Gasteiger partial charge in [0, 0.05) is 46.2 Å². The summed E-state index contributed by atoms with van der Waals surface area (Å²) in [5.41, 5.74) is 7.26. The highest BCUT2D eigenvalue weighted by Crippen LogP contribution is 2.39. The van der Waals surface area contributed by atoms with Gasteiger partial charge in [0.15, 0.2) is 23.6 Å². The van der Waals surface area contributed by atoms with Crippen molar-refractivity contribution >= 4 is 24.9 Å². The topological polar surface area (TPSA) is 92.9 Å². The van der Waals surface area contributed by atoms with E-state index in [0.29, 0.717) is 45.3 Å². The molecule has 2 aliphatic rings. The number of hydrogen-bond donors (Lipinski definition) is 0. The van der Waals surface area contributed by atoms with Crippen LogP contribution < -0.4 is 4.74 Å². The SMILES string of the molecule is CCc1cc(OC)c(F)cc1-c1ccc2c(-c3nc4c(n3COCC[Si](C)(C)C)CN(Cc3ccccc3)C(C(=O)OC)C4)nn(C3CCCCO3)c2c1. The fourth-order valence-corrected chi connectivity index (χ4v) is 8.37. The van der Waals surface area contributed by atoms with Crippen LogP contribution in [0.15, 0.2) is 60.7 Å². The van der Waals surface area contributed by atoms with Crippen molar-refractivity contribution in [2.45, 2.75) is 96.8 Å². The molecular formula is C42H52FN5O5Si. The lowest BCUT2D eigenvalue weighted by molar-refractivity contribution is -0.148. The van der Waals surface area contributed by atoms with Crippen molar-refractivity contribution in [2.24, 2.45) is 0 Å². The molecule has 0 bridgehead atoms. The summed E-state index contributed by atoms with van der Waals surface area (Å²) in [6.45, 7) is 11.8. The Kier molecular flexibility index (Phi) is 11.4. The molecule has 4 heterocycles.